The lowest BCUT2D eigenvalue weighted by molar-refractivity contribution is -0.186. The molecule has 8 nitrogen and oxygen atoms in total. The molecule has 19 heteroatoms. The number of hydrogen-bond acceptors (Lipinski definition) is 6. The zero-order chi connectivity index (χ0) is 31.5. The Morgan fingerprint density at radius 1 is 1.02 bits per heavy atom. The van der Waals surface area contributed by atoms with Gasteiger partial charge in [0.15, 0.2) is 0 Å². The van der Waals surface area contributed by atoms with Crippen LogP contribution in [0.4, 0.5) is 50.9 Å². The number of rotatable bonds is 9. The number of hydrogen-bond donors (Lipinski definition) is 2. The van der Waals surface area contributed by atoms with Crippen LogP contribution in [0.25, 0.3) is 0 Å². The van der Waals surface area contributed by atoms with E-state index in [1.165, 1.54) is 12.1 Å². The number of carbonyl (C=O) groups is 3. The van der Waals surface area contributed by atoms with Crippen molar-refractivity contribution in [3.63, 3.8) is 0 Å². The van der Waals surface area contributed by atoms with Crippen molar-refractivity contribution < 1.29 is 58.6 Å². The number of anilines is 2. The zero-order valence-electron chi connectivity index (χ0n) is 20.9. The van der Waals surface area contributed by atoms with E-state index < -0.39 is 79.8 Å². The molecule has 42 heavy (non-hydrogen) atoms. The van der Waals surface area contributed by atoms with Crippen LogP contribution >= 0.6 is 22.9 Å². The average Bonchev–Trinajstić information content (AvgIpc) is 3.28. The fraction of sp³-hybridized carbons (Fsp3) is 0.435. The highest BCUT2D eigenvalue weighted by Crippen LogP contribution is 2.38. The van der Waals surface area contributed by atoms with Crippen molar-refractivity contribution in [2.24, 2.45) is 0 Å². The zero-order valence-corrected chi connectivity index (χ0v) is 22.5. The molecule has 1 fully saturated rings. The van der Waals surface area contributed by atoms with E-state index in [-0.39, 0.29) is 33.0 Å². The average molecular weight is 655 g/mol. The predicted molar refractivity (Wildman–Crippen MR) is 132 cm³/mol. The van der Waals surface area contributed by atoms with Crippen LogP contribution in [0.1, 0.15) is 15.2 Å². The van der Waals surface area contributed by atoms with Crippen molar-refractivity contribution >= 4 is 52.0 Å². The van der Waals surface area contributed by atoms with E-state index in [4.69, 9.17) is 16.3 Å². The third-order valence-electron chi connectivity index (χ3n) is 5.63. The minimum absolute atomic E-state index is 0.0188. The molecule has 2 aromatic rings. The topological polar surface area (TPSA) is 91.0 Å². The number of benzene rings is 1. The van der Waals surface area contributed by atoms with Gasteiger partial charge in [0.1, 0.15) is 12.6 Å². The molecular weight excluding hydrogens is 635 g/mol. The molecule has 0 radical (unpaired) electrons. The maximum absolute atomic E-state index is 13.9. The van der Waals surface area contributed by atoms with E-state index in [0.717, 1.165) is 22.3 Å². The van der Waals surface area contributed by atoms with Crippen LogP contribution in [0.5, 0.6) is 0 Å². The largest absolute Gasteiger partial charge is 0.418 e. The Balaban J connectivity index is 1.96. The Kier molecular flexibility index (Phi) is 10.4. The van der Waals surface area contributed by atoms with Gasteiger partial charge in [0, 0.05) is 18.8 Å². The van der Waals surface area contributed by atoms with Gasteiger partial charge in [-0.25, -0.2) is 0 Å². The number of carbonyl (C=O) groups excluding carboxylic acids is 3. The van der Waals surface area contributed by atoms with Crippen LogP contribution in [0.3, 0.4) is 0 Å². The molecule has 2 heterocycles. The van der Waals surface area contributed by atoms with Gasteiger partial charge in [0.25, 0.3) is 11.8 Å². The van der Waals surface area contributed by atoms with E-state index >= 15 is 0 Å². The monoisotopic (exact) mass is 654 g/mol. The molecule has 1 aliphatic rings. The van der Waals surface area contributed by atoms with Crippen LogP contribution in [0.15, 0.2) is 30.3 Å². The van der Waals surface area contributed by atoms with Crippen LogP contribution in [0.2, 0.25) is 4.34 Å². The molecule has 3 amide bonds. The van der Waals surface area contributed by atoms with Crippen molar-refractivity contribution in [3.8, 4) is 0 Å². The molecule has 0 aliphatic carbocycles. The Morgan fingerprint density at radius 3 is 2.19 bits per heavy atom. The fourth-order valence-electron chi connectivity index (χ4n) is 3.89. The molecule has 1 aromatic carbocycles. The van der Waals surface area contributed by atoms with Crippen molar-refractivity contribution in [2.75, 3.05) is 49.6 Å². The standard InChI is InChI=1S/C23H20ClF9N4O4S/c24-17-4-3-16(42-17)20(40)34-8-15(36(10-21(25,26)27)11-22(28,29)30)19(39)35-14-2-1-12(7-13(14)23(31,32)33)37-5-6-41-9-18(37)38/h1-4,7,15H,5-6,8-11H2,(H,34,40)(H,35,39)/t15-/m1/s1. The molecule has 0 spiro atoms. The summed E-state index contributed by atoms with van der Waals surface area (Å²) in [5.74, 6) is -3.36. The molecule has 1 saturated heterocycles. The first-order chi connectivity index (χ1) is 19.3. The van der Waals surface area contributed by atoms with Gasteiger partial charge in [-0.15, -0.1) is 11.3 Å². The van der Waals surface area contributed by atoms with E-state index in [1.807, 2.05) is 5.32 Å². The maximum Gasteiger partial charge on any atom is 0.418 e. The lowest BCUT2D eigenvalue weighted by Crippen LogP contribution is -2.55. The summed E-state index contributed by atoms with van der Waals surface area (Å²) < 4.78 is 126. The van der Waals surface area contributed by atoms with E-state index in [9.17, 15) is 53.9 Å². The molecule has 1 atom stereocenters. The first-order valence-corrected chi connectivity index (χ1v) is 12.8. The molecule has 0 saturated carbocycles. The molecular formula is C23H20ClF9N4O4S. The Bertz CT molecular complexity index is 1280. The van der Waals surface area contributed by atoms with Crippen LogP contribution in [-0.4, -0.2) is 80.4 Å². The first kappa shape index (κ1) is 33.4. The number of nitrogens with one attached hydrogen (secondary N) is 2. The summed E-state index contributed by atoms with van der Waals surface area (Å²) in [6, 6.07) is 2.27. The minimum atomic E-state index is -5.27. The Labute approximate surface area is 240 Å². The lowest BCUT2D eigenvalue weighted by Gasteiger charge is -2.32. The number of alkyl halides is 9. The van der Waals surface area contributed by atoms with E-state index in [0.29, 0.717) is 12.1 Å². The molecule has 3 rings (SSSR count). The lowest BCUT2D eigenvalue weighted by atomic mass is 10.1. The maximum atomic E-state index is 13.9. The summed E-state index contributed by atoms with van der Waals surface area (Å²) in [6.45, 7) is -6.19. The number of halogens is 10. The summed E-state index contributed by atoms with van der Waals surface area (Å²) in [5.41, 5.74) is -2.76. The second-order valence-electron chi connectivity index (χ2n) is 8.78. The number of amides is 3. The quantitative estimate of drug-likeness (QED) is 0.374. The van der Waals surface area contributed by atoms with Gasteiger partial charge < -0.3 is 20.3 Å². The number of thiophene rings is 1. The fourth-order valence-corrected chi connectivity index (χ4v) is 4.85. The second-order valence-corrected chi connectivity index (χ2v) is 10.5. The van der Waals surface area contributed by atoms with Crippen LogP contribution in [-0.2, 0) is 20.5 Å². The smallest absolute Gasteiger partial charge is 0.370 e. The summed E-state index contributed by atoms with van der Waals surface area (Å²) in [5, 5.41) is 3.78. The van der Waals surface area contributed by atoms with Gasteiger partial charge in [-0.3, -0.25) is 19.3 Å². The third-order valence-corrected chi connectivity index (χ3v) is 6.85. The molecule has 1 aromatic heterocycles. The molecule has 0 unspecified atom stereocenters. The highest BCUT2D eigenvalue weighted by molar-refractivity contribution is 7.18. The third kappa shape index (κ3) is 9.47. The van der Waals surface area contributed by atoms with Gasteiger partial charge in [-0.1, -0.05) is 11.6 Å². The summed E-state index contributed by atoms with van der Waals surface area (Å²) in [7, 11) is 0. The second kappa shape index (κ2) is 13.0. The normalized spacial score (nSPS) is 15.6. The summed E-state index contributed by atoms with van der Waals surface area (Å²) >= 11 is 6.44. The molecule has 0 bridgehead atoms. The molecule has 2 N–H and O–H groups in total. The van der Waals surface area contributed by atoms with Gasteiger partial charge in [0.05, 0.1) is 40.2 Å². The Hall–Kier alpha value is -3.09. The van der Waals surface area contributed by atoms with Gasteiger partial charge in [-0.05, 0) is 30.3 Å². The van der Waals surface area contributed by atoms with Crippen molar-refractivity contribution in [1.82, 2.24) is 10.2 Å². The van der Waals surface area contributed by atoms with Crippen LogP contribution < -0.4 is 15.5 Å². The first-order valence-electron chi connectivity index (χ1n) is 11.7. The predicted octanol–water partition coefficient (Wildman–Crippen LogP) is 4.95. The highest BCUT2D eigenvalue weighted by Gasteiger charge is 2.43. The number of nitrogens with zero attached hydrogens (tertiary/aromatic N) is 2. The van der Waals surface area contributed by atoms with Gasteiger partial charge in [-0.2, -0.15) is 39.5 Å². The van der Waals surface area contributed by atoms with Crippen molar-refractivity contribution in [1.29, 1.82) is 0 Å². The van der Waals surface area contributed by atoms with Crippen LogP contribution in [0, 0.1) is 0 Å². The number of morpholine rings is 1. The SMILES string of the molecule is O=C(NC[C@H](C(=O)Nc1ccc(N2CCOCC2=O)cc1C(F)(F)F)N(CC(F)(F)F)CC(F)(F)F)c1ccc(Cl)s1. The highest BCUT2D eigenvalue weighted by atomic mass is 35.5. The summed E-state index contributed by atoms with van der Waals surface area (Å²) in [6.07, 6.45) is -15.7. The molecule has 232 valence electrons. The van der Waals surface area contributed by atoms with Gasteiger partial charge >= 0.3 is 18.5 Å². The Morgan fingerprint density at radius 2 is 1.67 bits per heavy atom. The van der Waals surface area contributed by atoms with Crippen molar-refractivity contribution in [2.45, 2.75) is 24.6 Å². The minimum Gasteiger partial charge on any atom is -0.370 e. The van der Waals surface area contributed by atoms with E-state index in [1.54, 1.807) is 5.32 Å². The van der Waals surface area contributed by atoms with E-state index in [2.05, 4.69) is 0 Å². The van der Waals surface area contributed by atoms with Crippen molar-refractivity contribution in [3.05, 3.63) is 45.1 Å². The van der Waals surface area contributed by atoms with Gasteiger partial charge in [0.2, 0.25) is 5.91 Å². The molecule has 1 aliphatic heterocycles. The number of ether oxygens (including phenoxy) is 1. The summed E-state index contributed by atoms with van der Waals surface area (Å²) in [4.78, 5) is 38.1.